The second kappa shape index (κ2) is 4.86. The first-order chi connectivity index (χ1) is 4.80. The highest BCUT2D eigenvalue weighted by Gasteiger charge is 1.84. The molecule has 0 spiro atoms. The number of anilines is 1. The van der Waals surface area contributed by atoms with Crippen LogP contribution in [0.2, 0.25) is 0 Å². The molecule has 0 heterocycles. The number of benzene rings is 1. The van der Waals surface area contributed by atoms with Crippen molar-refractivity contribution in [2.24, 2.45) is 0 Å². The number of hydrogen-bond donors (Lipinski definition) is 1. The average molecular weight is 137 g/mol. The van der Waals surface area contributed by atoms with Gasteiger partial charge in [-0.2, -0.15) is 0 Å². The van der Waals surface area contributed by atoms with Gasteiger partial charge in [-0.3, -0.25) is 0 Å². The molecule has 10 heavy (non-hydrogen) atoms. The van der Waals surface area contributed by atoms with Crippen molar-refractivity contribution in [2.75, 3.05) is 5.73 Å². The van der Waals surface area contributed by atoms with E-state index in [1.165, 1.54) is 0 Å². The van der Waals surface area contributed by atoms with Crippen LogP contribution in [0.4, 0.5) is 5.69 Å². The van der Waals surface area contributed by atoms with Gasteiger partial charge in [0.2, 0.25) is 0 Å². The molecule has 1 aromatic carbocycles. The van der Waals surface area contributed by atoms with E-state index in [1.54, 1.807) is 0 Å². The Labute approximate surface area is 62.9 Å². The van der Waals surface area contributed by atoms with Gasteiger partial charge in [0.05, 0.1) is 0 Å². The molecule has 0 bridgehead atoms. The average Bonchev–Trinajstić information content (AvgIpc) is 2.00. The predicted octanol–water partition coefficient (Wildman–Crippen LogP) is 2.60. The molecule has 0 atom stereocenters. The Bertz CT molecular complexity index is 161. The molecule has 0 amide bonds. The maximum Gasteiger partial charge on any atom is 0.0343 e. The summed E-state index contributed by atoms with van der Waals surface area (Å²) in [4.78, 5) is 0. The molecule has 1 nitrogen and oxygen atoms in total. The van der Waals surface area contributed by atoms with Crippen LogP contribution in [0.15, 0.2) is 24.3 Å². The number of aryl methyl sites for hydroxylation is 1. The van der Waals surface area contributed by atoms with Gasteiger partial charge in [0, 0.05) is 5.69 Å². The molecule has 1 heteroatoms. The van der Waals surface area contributed by atoms with Crippen LogP contribution in [0.3, 0.4) is 0 Å². The van der Waals surface area contributed by atoms with E-state index in [9.17, 15) is 0 Å². The lowest BCUT2D eigenvalue weighted by Crippen LogP contribution is -1.85. The second-order valence-corrected chi connectivity index (χ2v) is 1.86. The van der Waals surface area contributed by atoms with E-state index in [-0.39, 0.29) is 0 Å². The summed E-state index contributed by atoms with van der Waals surface area (Å²) < 4.78 is 0. The minimum Gasteiger partial charge on any atom is -0.399 e. The Morgan fingerprint density at radius 1 is 1.10 bits per heavy atom. The van der Waals surface area contributed by atoms with E-state index in [2.05, 4.69) is 0 Å². The lowest BCUT2D eigenvalue weighted by atomic mass is 10.2. The SMILES string of the molecule is CC.Cc1ccccc1N. The molecule has 0 saturated carbocycles. The Balaban J connectivity index is 0.000000371. The molecule has 0 aliphatic rings. The number of rotatable bonds is 0. The fraction of sp³-hybridized carbons (Fsp3) is 0.333. The van der Waals surface area contributed by atoms with E-state index in [0.29, 0.717) is 0 Å². The van der Waals surface area contributed by atoms with E-state index in [1.807, 2.05) is 45.0 Å². The van der Waals surface area contributed by atoms with Crippen LogP contribution >= 0.6 is 0 Å². The molecule has 0 radical (unpaired) electrons. The van der Waals surface area contributed by atoms with Gasteiger partial charge in [-0.15, -0.1) is 0 Å². The van der Waals surface area contributed by atoms with Crippen LogP contribution in [-0.4, -0.2) is 0 Å². The Hall–Kier alpha value is -0.980. The second-order valence-electron chi connectivity index (χ2n) is 1.86. The summed E-state index contributed by atoms with van der Waals surface area (Å²) >= 11 is 0. The highest BCUT2D eigenvalue weighted by atomic mass is 14.5. The summed E-state index contributed by atoms with van der Waals surface area (Å²) in [7, 11) is 0. The molecule has 0 aromatic heterocycles. The number of hydrogen-bond acceptors (Lipinski definition) is 1. The van der Waals surface area contributed by atoms with Gasteiger partial charge >= 0.3 is 0 Å². The van der Waals surface area contributed by atoms with Crippen molar-refractivity contribution in [2.45, 2.75) is 20.8 Å². The first kappa shape index (κ1) is 9.02. The molecule has 56 valence electrons. The van der Waals surface area contributed by atoms with Gasteiger partial charge in [0.15, 0.2) is 0 Å². The third kappa shape index (κ3) is 2.53. The number of nitrogens with two attached hydrogens (primary N) is 1. The van der Waals surface area contributed by atoms with Crippen LogP contribution in [0.5, 0.6) is 0 Å². The largest absolute Gasteiger partial charge is 0.399 e. The van der Waals surface area contributed by atoms with Crippen molar-refractivity contribution in [1.29, 1.82) is 0 Å². The third-order valence-electron chi connectivity index (χ3n) is 1.19. The summed E-state index contributed by atoms with van der Waals surface area (Å²) in [5.74, 6) is 0. The molecular weight excluding hydrogens is 122 g/mol. The van der Waals surface area contributed by atoms with Gasteiger partial charge in [-0.25, -0.2) is 0 Å². The minimum atomic E-state index is 0.868. The summed E-state index contributed by atoms with van der Waals surface area (Å²) in [6.07, 6.45) is 0. The molecule has 0 unspecified atom stereocenters. The maximum absolute atomic E-state index is 5.52. The maximum atomic E-state index is 5.52. The van der Waals surface area contributed by atoms with Crippen LogP contribution < -0.4 is 5.73 Å². The van der Waals surface area contributed by atoms with Crippen LogP contribution in [-0.2, 0) is 0 Å². The standard InChI is InChI=1S/C7H9N.C2H6/c1-6-4-2-3-5-7(6)8;1-2/h2-5H,8H2,1H3;1-2H3. The van der Waals surface area contributed by atoms with Gasteiger partial charge in [-0.1, -0.05) is 32.0 Å². The molecule has 0 saturated heterocycles. The van der Waals surface area contributed by atoms with Crippen LogP contribution in [0.25, 0.3) is 0 Å². The Morgan fingerprint density at radius 3 is 1.90 bits per heavy atom. The highest BCUT2D eigenvalue weighted by molar-refractivity contribution is 5.44. The van der Waals surface area contributed by atoms with Crippen molar-refractivity contribution < 1.29 is 0 Å². The third-order valence-corrected chi connectivity index (χ3v) is 1.19. The molecule has 2 N–H and O–H groups in total. The van der Waals surface area contributed by atoms with Crippen LogP contribution in [0, 0.1) is 6.92 Å². The Kier molecular flexibility index (Phi) is 4.38. The molecule has 0 aliphatic carbocycles. The first-order valence-electron chi connectivity index (χ1n) is 3.62. The van der Waals surface area contributed by atoms with Crippen molar-refractivity contribution in [1.82, 2.24) is 0 Å². The summed E-state index contributed by atoms with van der Waals surface area (Å²) in [6, 6.07) is 7.80. The monoisotopic (exact) mass is 137 g/mol. The lowest BCUT2D eigenvalue weighted by Gasteiger charge is -1.93. The molecular formula is C9H15N. The normalized spacial score (nSPS) is 7.90. The fourth-order valence-corrected chi connectivity index (χ4v) is 0.587. The van der Waals surface area contributed by atoms with Gasteiger partial charge in [-0.05, 0) is 18.6 Å². The van der Waals surface area contributed by atoms with E-state index in [4.69, 9.17) is 5.73 Å². The smallest absolute Gasteiger partial charge is 0.0343 e. The zero-order valence-electron chi connectivity index (χ0n) is 6.89. The van der Waals surface area contributed by atoms with Crippen molar-refractivity contribution in [3.05, 3.63) is 29.8 Å². The summed E-state index contributed by atoms with van der Waals surface area (Å²) in [6.45, 7) is 6.00. The van der Waals surface area contributed by atoms with Gasteiger partial charge < -0.3 is 5.73 Å². The fourth-order valence-electron chi connectivity index (χ4n) is 0.587. The van der Waals surface area contributed by atoms with Crippen molar-refractivity contribution in [3.63, 3.8) is 0 Å². The first-order valence-corrected chi connectivity index (χ1v) is 3.62. The summed E-state index contributed by atoms with van der Waals surface area (Å²) in [5.41, 5.74) is 7.53. The zero-order valence-corrected chi connectivity index (χ0v) is 6.89. The van der Waals surface area contributed by atoms with E-state index in [0.717, 1.165) is 11.3 Å². The predicted molar refractivity (Wildman–Crippen MR) is 46.9 cm³/mol. The highest BCUT2D eigenvalue weighted by Crippen LogP contribution is 2.06. The molecule has 1 rings (SSSR count). The number of para-hydroxylation sites is 1. The van der Waals surface area contributed by atoms with Crippen LogP contribution in [0.1, 0.15) is 19.4 Å². The summed E-state index contributed by atoms with van der Waals surface area (Å²) in [5, 5.41) is 0. The van der Waals surface area contributed by atoms with Crippen molar-refractivity contribution in [3.8, 4) is 0 Å². The van der Waals surface area contributed by atoms with Gasteiger partial charge in [0.1, 0.15) is 0 Å². The van der Waals surface area contributed by atoms with E-state index < -0.39 is 0 Å². The molecule has 1 aromatic rings. The van der Waals surface area contributed by atoms with Crippen molar-refractivity contribution >= 4 is 5.69 Å². The van der Waals surface area contributed by atoms with Gasteiger partial charge in [0.25, 0.3) is 0 Å². The molecule has 0 fully saturated rings. The Morgan fingerprint density at radius 2 is 1.60 bits per heavy atom. The zero-order chi connectivity index (χ0) is 7.98. The number of nitrogen functional groups attached to an aromatic ring is 1. The minimum absolute atomic E-state index is 0.868. The molecule has 0 aliphatic heterocycles. The van der Waals surface area contributed by atoms with E-state index >= 15 is 0 Å². The quantitative estimate of drug-likeness (QED) is 0.546. The topological polar surface area (TPSA) is 26.0 Å². The lowest BCUT2D eigenvalue weighted by molar-refractivity contribution is 1.47.